The van der Waals surface area contributed by atoms with Crippen LogP contribution in [0.3, 0.4) is 0 Å². The third kappa shape index (κ3) is 5.53. The van der Waals surface area contributed by atoms with Gasteiger partial charge in [-0.1, -0.05) is 24.3 Å². The molecule has 0 radical (unpaired) electrons. The molecule has 2 aromatic rings. The van der Waals surface area contributed by atoms with Gasteiger partial charge in [-0.05, 0) is 24.3 Å². The number of fused-ring (bicyclic) bond motifs is 1. The summed E-state index contributed by atoms with van der Waals surface area (Å²) >= 11 is 0. The number of benzene rings is 2. The topological polar surface area (TPSA) is 90.3 Å². The number of hydrogen-bond donors (Lipinski definition) is 3. The summed E-state index contributed by atoms with van der Waals surface area (Å²) in [4.78, 5) is 26.9. The van der Waals surface area contributed by atoms with Crippen molar-refractivity contribution < 1.29 is 28.7 Å². The van der Waals surface area contributed by atoms with E-state index in [1.54, 1.807) is 36.4 Å². The Morgan fingerprint density at radius 2 is 1.74 bits per heavy atom. The number of ether oxygens (including phenoxy) is 3. The van der Waals surface area contributed by atoms with E-state index in [-0.39, 0.29) is 18.4 Å². The molecule has 2 amide bonds. The maximum Gasteiger partial charge on any atom is 0.269 e. The molecule has 1 atom stereocenters. The molecule has 2 aliphatic heterocycles. The molecule has 0 aromatic heterocycles. The number of carbonyl (C=O) groups excluding carboxylic acids is 2. The summed E-state index contributed by atoms with van der Waals surface area (Å²) in [7, 11) is 0. The fraction of sp³-hybridized carbons (Fsp3) is 0.391. The van der Waals surface area contributed by atoms with Crippen LogP contribution in [0, 0.1) is 0 Å². The molecule has 8 nitrogen and oxygen atoms in total. The Bertz CT molecular complexity index is 914. The molecule has 1 fully saturated rings. The lowest BCUT2D eigenvalue weighted by molar-refractivity contribution is -0.908. The van der Waals surface area contributed by atoms with E-state index in [1.165, 1.54) is 4.90 Å². The van der Waals surface area contributed by atoms with Crippen molar-refractivity contribution in [3.63, 3.8) is 0 Å². The molecule has 2 aliphatic rings. The van der Waals surface area contributed by atoms with Gasteiger partial charge in [0.2, 0.25) is 6.10 Å². The minimum atomic E-state index is -0.789. The molecule has 164 valence electrons. The maximum absolute atomic E-state index is 12.7. The van der Waals surface area contributed by atoms with Gasteiger partial charge in [-0.15, -0.1) is 0 Å². The second kappa shape index (κ2) is 10.3. The molecule has 0 unspecified atom stereocenters. The summed E-state index contributed by atoms with van der Waals surface area (Å²) < 4.78 is 16.7. The lowest BCUT2D eigenvalue weighted by Gasteiger charge is -2.25. The van der Waals surface area contributed by atoms with Crippen molar-refractivity contribution in [3.8, 4) is 11.5 Å². The Morgan fingerprint density at radius 3 is 2.58 bits per heavy atom. The molecule has 2 aromatic carbocycles. The summed E-state index contributed by atoms with van der Waals surface area (Å²) in [6.45, 7) is 5.33. The van der Waals surface area contributed by atoms with Gasteiger partial charge in [0.15, 0.2) is 11.5 Å². The Kier molecular flexibility index (Phi) is 7.01. The van der Waals surface area contributed by atoms with Crippen molar-refractivity contribution >= 4 is 17.5 Å². The van der Waals surface area contributed by atoms with E-state index in [0.29, 0.717) is 29.3 Å². The third-order valence-electron chi connectivity index (χ3n) is 5.42. The minimum Gasteiger partial charge on any atom is -0.485 e. The molecular weight excluding hydrogens is 398 g/mol. The predicted molar refractivity (Wildman–Crippen MR) is 115 cm³/mol. The molecular formula is C23H28N3O5+. The van der Waals surface area contributed by atoms with Gasteiger partial charge in [-0.25, -0.2) is 0 Å². The SMILES string of the molecule is O=C(NCCC[NH+]1CCOCC1)c1ccccc1NC(=O)[C@@H]1COc2ccccc2O1. The lowest BCUT2D eigenvalue weighted by atomic mass is 10.1. The number of anilines is 1. The molecule has 1 saturated heterocycles. The summed E-state index contributed by atoms with van der Waals surface area (Å²) in [5.41, 5.74) is 0.873. The highest BCUT2D eigenvalue weighted by Gasteiger charge is 2.28. The molecule has 4 rings (SSSR count). The van der Waals surface area contributed by atoms with E-state index in [9.17, 15) is 9.59 Å². The van der Waals surface area contributed by atoms with Crippen molar-refractivity contribution in [2.75, 3.05) is 51.3 Å². The van der Waals surface area contributed by atoms with Gasteiger partial charge in [0.1, 0.15) is 19.7 Å². The first-order valence-corrected chi connectivity index (χ1v) is 10.7. The normalized spacial score (nSPS) is 18.3. The van der Waals surface area contributed by atoms with Crippen LogP contribution in [-0.4, -0.2) is 63.9 Å². The monoisotopic (exact) mass is 426 g/mol. The smallest absolute Gasteiger partial charge is 0.269 e. The maximum atomic E-state index is 12.7. The van der Waals surface area contributed by atoms with Crippen molar-refractivity contribution in [2.24, 2.45) is 0 Å². The van der Waals surface area contributed by atoms with Crippen LogP contribution in [0.25, 0.3) is 0 Å². The number of rotatable bonds is 7. The predicted octanol–water partition coefficient (Wildman–Crippen LogP) is 0.500. The first kappa shape index (κ1) is 21.1. The summed E-state index contributed by atoms with van der Waals surface area (Å²) in [6, 6.07) is 14.2. The average molecular weight is 426 g/mol. The van der Waals surface area contributed by atoms with Crippen LogP contribution in [0.4, 0.5) is 5.69 Å². The van der Waals surface area contributed by atoms with E-state index in [2.05, 4.69) is 10.6 Å². The molecule has 0 bridgehead atoms. The van der Waals surface area contributed by atoms with Crippen LogP contribution >= 0.6 is 0 Å². The molecule has 0 saturated carbocycles. The average Bonchev–Trinajstić information content (AvgIpc) is 2.82. The Balaban J connectivity index is 1.30. The van der Waals surface area contributed by atoms with E-state index in [4.69, 9.17) is 14.2 Å². The number of morpholine rings is 1. The third-order valence-corrected chi connectivity index (χ3v) is 5.42. The van der Waals surface area contributed by atoms with E-state index in [1.807, 2.05) is 12.1 Å². The minimum absolute atomic E-state index is 0.112. The van der Waals surface area contributed by atoms with Gasteiger partial charge in [-0.3, -0.25) is 9.59 Å². The first-order chi connectivity index (χ1) is 15.2. The first-order valence-electron chi connectivity index (χ1n) is 10.7. The largest absolute Gasteiger partial charge is 0.485 e. The van der Waals surface area contributed by atoms with Crippen LogP contribution in [-0.2, 0) is 9.53 Å². The zero-order chi connectivity index (χ0) is 21.5. The standard InChI is InChI=1S/C23H27N3O5/c27-22(24-10-5-11-26-12-14-29-15-13-26)17-6-1-2-7-18(17)25-23(28)21-16-30-19-8-3-4-9-20(19)31-21/h1-4,6-9,21H,5,10-16H2,(H,24,27)(H,25,28)/p+1/t21-/m0/s1. The van der Waals surface area contributed by atoms with Crippen molar-refractivity contribution in [1.29, 1.82) is 0 Å². The van der Waals surface area contributed by atoms with Crippen LogP contribution < -0.4 is 25.0 Å². The second-order valence-electron chi connectivity index (χ2n) is 7.62. The van der Waals surface area contributed by atoms with Gasteiger partial charge in [-0.2, -0.15) is 0 Å². The molecule has 3 N–H and O–H groups in total. The summed E-state index contributed by atoms with van der Waals surface area (Å²) in [6.07, 6.45) is 0.102. The van der Waals surface area contributed by atoms with Gasteiger partial charge in [0.05, 0.1) is 31.0 Å². The fourth-order valence-corrected chi connectivity index (χ4v) is 3.70. The zero-order valence-corrected chi connectivity index (χ0v) is 17.4. The molecule has 2 heterocycles. The van der Waals surface area contributed by atoms with Gasteiger partial charge >= 0.3 is 0 Å². The lowest BCUT2D eigenvalue weighted by Crippen LogP contribution is -3.14. The number of quaternary nitrogens is 1. The fourth-order valence-electron chi connectivity index (χ4n) is 3.70. The molecule has 0 spiro atoms. The highest BCUT2D eigenvalue weighted by atomic mass is 16.6. The molecule has 0 aliphatic carbocycles. The van der Waals surface area contributed by atoms with Crippen LogP contribution in [0.5, 0.6) is 11.5 Å². The Hall–Kier alpha value is -3.10. The molecule has 31 heavy (non-hydrogen) atoms. The van der Waals surface area contributed by atoms with Crippen molar-refractivity contribution in [3.05, 3.63) is 54.1 Å². The van der Waals surface area contributed by atoms with Crippen LogP contribution in [0.15, 0.2) is 48.5 Å². The number of hydrogen-bond acceptors (Lipinski definition) is 5. The summed E-state index contributed by atoms with van der Waals surface area (Å²) in [5, 5.41) is 5.77. The number of carbonyl (C=O) groups is 2. The summed E-state index contributed by atoms with van der Waals surface area (Å²) in [5.74, 6) is 0.581. The van der Waals surface area contributed by atoms with Crippen LogP contribution in [0.2, 0.25) is 0 Å². The highest BCUT2D eigenvalue weighted by Crippen LogP contribution is 2.31. The van der Waals surface area contributed by atoms with E-state index >= 15 is 0 Å². The second-order valence-corrected chi connectivity index (χ2v) is 7.62. The van der Waals surface area contributed by atoms with Crippen LogP contribution in [0.1, 0.15) is 16.8 Å². The quantitative estimate of drug-likeness (QED) is 0.561. The molecule has 8 heteroatoms. The highest BCUT2D eigenvalue weighted by molar-refractivity contribution is 6.04. The number of nitrogens with one attached hydrogen (secondary N) is 3. The Morgan fingerprint density at radius 1 is 1.00 bits per heavy atom. The Labute approximate surface area is 181 Å². The van der Waals surface area contributed by atoms with Crippen molar-refractivity contribution in [1.82, 2.24) is 5.32 Å². The van der Waals surface area contributed by atoms with Gasteiger partial charge in [0.25, 0.3) is 11.8 Å². The van der Waals surface area contributed by atoms with Gasteiger partial charge in [0, 0.05) is 13.0 Å². The van der Waals surface area contributed by atoms with Gasteiger partial charge < -0.3 is 29.7 Å². The zero-order valence-electron chi connectivity index (χ0n) is 17.4. The van der Waals surface area contributed by atoms with E-state index < -0.39 is 6.10 Å². The number of amides is 2. The van der Waals surface area contributed by atoms with Crippen molar-refractivity contribution in [2.45, 2.75) is 12.5 Å². The van der Waals surface area contributed by atoms with E-state index in [0.717, 1.165) is 39.3 Å². The number of para-hydroxylation sites is 3.